The molecule has 1 saturated heterocycles. The maximum Gasteiger partial charge on any atom is 0.225 e. The highest BCUT2D eigenvalue weighted by Crippen LogP contribution is 2.21. The molecule has 1 fully saturated rings. The van der Waals surface area contributed by atoms with Crippen molar-refractivity contribution in [3.8, 4) is 6.07 Å². The van der Waals surface area contributed by atoms with Crippen molar-refractivity contribution in [1.82, 2.24) is 4.31 Å². The molecule has 10 heteroatoms. The molecule has 136 valence electrons. The van der Waals surface area contributed by atoms with Gasteiger partial charge in [0.2, 0.25) is 15.9 Å². The van der Waals surface area contributed by atoms with Gasteiger partial charge in [-0.15, -0.1) is 0 Å². The molecule has 1 amide bonds. The standard InChI is InChI=1S/C15H19N3O5S2/c1-24(20,21)18(13-7-9-25(22,23)11-13)8-6-15(19)17-14-5-3-2-4-12(14)10-16/h2-5,13H,6-9,11H2,1H3,(H,17,19). The molecule has 1 unspecified atom stereocenters. The molecule has 0 bridgehead atoms. The zero-order valence-corrected chi connectivity index (χ0v) is 15.3. The zero-order valence-electron chi connectivity index (χ0n) is 13.7. The Morgan fingerprint density at radius 3 is 2.64 bits per heavy atom. The predicted octanol–water partition coefficient (Wildman–Crippen LogP) is 0.336. The minimum atomic E-state index is -3.64. The van der Waals surface area contributed by atoms with Crippen LogP contribution in [-0.4, -0.2) is 57.4 Å². The van der Waals surface area contributed by atoms with Crippen molar-refractivity contribution in [3.63, 3.8) is 0 Å². The van der Waals surface area contributed by atoms with Crippen LogP contribution < -0.4 is 5.32 Å². The minimum absolute atomic E-state index is 0.0502. The number of para-hydroxylation sites is 1. The molecule has 2 rings (SSSR count). The van der Waals surface area contributed by atoms with Gasteiger partial charge in [-0.25, -0.2) is 16.8 Å². The number of nitrogens with one attached hydrogen (secondary N) is 1. The Balaban J connectivity index is 2.04. The van der Waals surface area contributed by atoms with Gasteiger partial charge in [-0.3, -0.25) is 4.79 Å². The van der Waals surface area contributed by atoms with Crippen LogP contribution in [0.1, 0.15) is 18.4 Å². The van der Waals surface area contributed by atoms with Crippen LogP contribution in [-0.2, 0) is 24.7 Å². The fraction of sp³-hybridized carbons (Fsp3) is 0.467. The summed E-state index contributed by atoms with van der Waals surface area (Å²) in [5.74, 6) is -0.720. The summed E-state index contributed by atoms with van der Waals surface area (Å²) in [6.45, 7) is -0.112. The quantitative estimate of drug-likeness (QED) is 0.753. The van der Waals surface area contributed by atoms with E-state index in [1.54, 1.807) is 24.3 Å². The van der Waals surface area contributed by atoms with Gasteiger partial charge >= 0.3 is 0 Å². The van der Waals surface area contributed by atoms with Crippen molar-refractivity contribution in [2.75, 3.05) is 29.6 Å². The summed E-state index contributed by atoms with van der Waals surface area (Å²) in [5, 5.41) is 11.6. The summed E-state index contributed by atoms with van der Waals surface area (Å²) in [4.78, 5) is 12.1. The lowest BCUT2D eigenvalue weighted by molar-refractivity contribution is -0.116. The van der Waals surface area contributed by atoms with Gasteiger partial charge in [0.15, 0.2) is 9.84 Å². The van der Waals surface area contributed by atoms with Crippen molar-refractivity contribution in [3.05, 3.63) is 29.8 Å². The number of hydrogen-bond donors (Lipinski definition) is 1. The second-order valence-corrected chi connectivity index (χ2v) is 10.0. The molecule has 1 aromatic carbocycles. The monoisotopic (exact) mass is 385 g/mol. The third-order valence-electron chi connectivity index (χ3n) is 3.92. The molecule has 8 nitrogen and oxygen atoms in total. The average molecular weight is 385 g/mol. The van der Waals surface area contributed by atoms with Gasteiger partial charge in [0.05, 0.1) is 29.0 Å². The van der Waals surface area contributed by atoms with E-state index in [1.165, 1.54) is 0 Å². The lowest BCUT2D eigenvalue weighted by atomic mass is 10.2. The van der Waals surface area contributed by atoms with Crippen molar-refractivity contribution in [2.45, 2.75) is 18.9 Å². The molecule has 0 aromatic heterocycles. The molecule has 0 radical (unpaired) electrons. The van der Waals surface area contributed by atoms with Crippen LogP contribution in [0, 0.1) is 11.3 Å². The minimum Gasteiger partial charge on any atom is -0.325 e. The van der Waals surface area contributed by atoms with Gasteiger partial charge in [-0.05, 0) is 18.6 Å². The summed E-state index contributed by atoms with van der Waals surface area (Å²) in [5.41, 5.74) is 0.655. The number of rotatable bonds is 6. The molecule has 1 N–H and O–H groups in total. The molecule has 1 aliphatic rings. The zero-order chi connectivity index (χ0) is 18.7. The maximum absolute atomic E-state index is 12.1. The Labute approximate surface area is 147 Å². The summed E-state index contributed by atoms with van der Waals surface area (Å²) in [6.07, 6.45) is 1.10. The van der Waals surface area contributed by atoms with Gasteiger partial charge in [-0.1, -0.05) is 12.1 Å². The van der Waals surface area contributed by atoms with Crippen LogP contribution in [0.15, 0.2) is 24.3 Å². The lowest BCUT2D eigenvalue weighted by Crippen LogP contribution is -2.42. The highest BCUT2D eigenvalue weighted by atomic mass is 32.2. The summed E-state index contributed by atoms with van der Waals surface area (Å²) in [6, 6.07) is 7.79. The number of sulfonamides is 1. The van der Waals surface area contributed by atoms with Crippen LogP contribution in [0.5, 0.6) is 0 Å². The number of carbonyl (C=O) groups excluding carboxylic acids is 1. The van der Waals surface area contributed by atoms with E-state index in [0.29, 0.717) is 11.3 Å². The highest BCUT2D eigenvalue weighted by Gasteiger charge is 2.36. The van der Waals surface area contributed by atoms with Gasteiger partial charge < -0.3 is 5.32 Å². The first kappa shape index (κ1) is 19.4. The van der Waals surface area contributed by atoms with Crippen molar-refractivity contribution in [2.24, 2.45) is 0 Å². The molecule has 0 spiro atoms. The number of anilines is 1. The van der Waals surface area contributed by atoms with Crippen molar-refractivity contribution >= 4 is 31.5 Å². The lowest BCUT2D eigenvalue weighted by Gasteiger charge is -2.25. The number of nitrogens with zero attached hydrogens (tertiary/aromatic N) is 2. The first-order valence-corrected chi connectivity index (χ1v) is 11.3. The third kappa shape index (κ3) is 5.26. The molecule has 1 heterocycles. The van der Waals surface area contributed by atoms with Gasteiger partial charge in [0.1, 0.15) is 6.07 Å². The Morgan fingerprint density at radius 1 is 1.40 bits per heavy atom. The maximum atomic E-state index is 12.1. The first-order valence-electron chi connectivity index (χ1n) is 7.58. The SMILES string of the molecule is CS(=O)(=O)N(CCC(=O)Nc1ccccc1C#N)C1CCS(=O)(=O)C1. The van der Waals surface area contributed by atoms with E-state index in [4.69, 9.17) is 5.26 Å². The van der Waals surface area contributed by atoms with Crippen LogP contribution in [0.25, 0.3) is 0 Å². The smallest absolute Gasteiger partial charge is 0.225 e. The topological polar surface area (TPSA) is 124 Å². The molecule has 1 atom stereocenters. The second-order valence-electron chi connectivity index (χ2n) is 5.89. The summed E-state index contributed by atoms with van der Waals surface area (Å²) >= 11 is 0. The van der Waals surface area contributed by atoms with Crippen LogP contribution in [0.3, 0.4) is 0 Å². The van der Waals surface area contributed by atoms with E-state index in [0.717, 1.165) is 10.6 Å². The highest BCUT2D eigenvalue weighted by molar-refractivity contribution is 7.92. The fourth-order valence-electron chi connectivity index (χ4n) is 2.74. The van der Waals surface area contributed by atoms with E-state index >= 15 is 0 Å². The number of benzene rings is 1. The van der Waals surface area contributed by atoms with Gasteiger partial charge in [0, 0.05) is 19.0 Å². The number of nitriles is 1. The fourth-order valence-corrected chi connectivity index (χ4v) is 5.71. The molecule has 1 aromatic rings. The average Bonchev–Trinajstić information content (AvgIpc) is 2.86. The van der Waals surface area contributed by atoms with E-state index in [9.17, 15) is 21.6 Å². The largest absolute Gasteiger partial charge is 0.325 e. The Hall–Kier alpha value is -1.96. The van der Waals surface area contributed by atoms with Gasteiger partial charge in [0.25, 0.3) is 0 Å². The molecule has 0 saturated carbocycles. The van der Waals surface area contributed by atoms with Crippen molar-refractivity contribution in [1.29, 1.82) is 5.26 Å². The number of carbonyl (C=O) groups is 1. The molecule has 1 aliphatic heterocycles. The summed E-state index contributed by atoms with van der Waals surface area (Å²) < 4.78 is 48.2. The Bertz CT molecular complexity index is 903. The van der Waals surface area contributed by atoms with E-state index in [-0.39, 0.29) is 30.9 Å². The first-order chi connectivity index (χ1) is 11.6. The number of amides is 1. The Kier molecular flexibility index (Phi) is 5.82. The van der Waals surface area contributed by atoms with E-state index in [2.05, 4.69) is 5.32 Å². The normalized spacial score (nSPS) is 19.5. The predicted molar refractivity (Wildman–Crippen MR) is 93.0 cm³/mol. The number of sulfone groups is 1. The third-order valence-corrected chi connectivity index (χ3v) is 7.01. The van der Waals surface area contributed by atoms with E-state index in [1.807, 2.05) is 6.07 Å². The van der Waals surface area contributed by atoms with Crippen LogP contribution in [0.2, 0.25) is 0 Å². The summed E-state index contributed by atoms with van der Waals surface area (Å²) in [7, 11) is -6.88. The van der Waals surface area contributed by atoms with Gasteiger partial charge in [-0.2, -0.15) is 9.57 Å². The molecule has 25 heavy (non-hydrogen) atoms. The Morgan fingerprint density at radius 2 is 2.08 bits per heavy atom. The molecular formula is C15H19N3O5S2. The number of hydrogen-bond acceptors (Lipinski definition) is 6. The molecule has 0 aliphatic carbocycles. The van der Waals surface area contributed by atoms with Crippen molar-refractivity contribution < 1.29 is 21.6 Å². The van der Waals surface area contributed by atoms with E-state index < -0.39 is 31.8 Å². The van der Waals surface area contributed by atoms with Crippen LogP contribution in [0.4, 0.5) is 5.69 Å². The second kappa shape index (κ2) is 7.51. The van der Waals surface area contributed by atoms with Crippen LogP contribution >= 0.6 is 0 Å². The molecular weight excluding hydrogens is 366 g/mol.